The van der Waals surface area contributed by atoms with Crippen LogP contribution in [0, 0.1) is 5.92 Å². The number of rotatable bonds is 8. The second kappa shape index (κ2) is 7.19. The first-order chi connectivity index (χ1) is 9.76. The van der Waals surface area contributed by atoms with Crippen molar-refractivity contribution in [3.05, 3.63) is 29.8 Å². The molecule has 4 N–H and O–H groups in total. The Labute approximate surface area is 123 Å². The summed E-state index contributed by atoms with van der Waals surface area (Å²) in [4.78, 5) is 21.6. The number of benzene rings is 1. The second-order valence-electron chi connectivity index (χ2n) is 4.61. The predicted molar refractivity (Wildman–Crippen MR) is 76.2 cm³/mol. The van der Waals surface area contributed by atoms with Gasteiger partial charge in [0.15, 0.2) is 0 Å². The Hall–Kier alpha value is -1.93. The average Bonchev–Trinajstić information content (AvgIpc) is 2.43. The normalized spacial score (nSPS) is 12.8. The maximum absolute atomic E-state index is 12.0. The zero-order chi connectivity index (χ0) is 16.0. The molecule has 1 amide bonds. The quantitative estimate of drug-likeness (QED) is 0.646. The zero-order valence-corrected chi connectivity index (χ0v) is 12.4. The van der Waals surface area contributed by atoms with Crippen LogP contribution in [-0.4, -0.2) is 31.9 Å². The highest BCUT2D eigenvalue weighted by atomic mass is 32.2. The van der Waals surface area contributed by atoms with Crippen molar-refractivity contribution < 1.29 is 23.1 Å². The molecule has 1 aromatic rings. The van der Waals surface area contributed by atoms with Crippen LogP contribution in [0.15, 0.2) is 29.2 Å². The summed E-state index contributed by atoms with van der Waals surface area (Å²) >= 11 is 0. The lowest BCUT2D eigenvalue weighted by atomic mass is 10.0. The number of carbonyl (C=O) groups is 2. The van der Waals surface area contributed by atoms with E-state index in [0.717, 1.165) is 0 Å². The summed E-state index contributed by atoms with van der Waals surface area (Å²) in [5.74, 6) is -1.88. The van der Waals surface area contributed by atoms with Crippen molar-refractivity contribution in [1.29, 1.82) is 0 Å². The number of sulfonamides is 1. The Morgan fingerprint density at radius 2 is 1.86 bits per heavy atom. The number of carbonyl (C=O) groups excluding carboxylic acids is 1. The molecule has 0 heterocycles. The van der Waals surface area contributed by atoms with Gasteiger partial charge in [-0.15, -0.1) is 0 Å². The molecule has 0 fully saturated rings. The SMILES string of the molecule is CCC(CNS(=O)(=O)c1ccc(C(N)=O)cc1)CC(=O)O. The number of hydrogen-bond donors (Lipinski definition) is 3. The van der Waals surface area contributed by atoms with E-state index in [1.165, 1.54) is 24.3 Å². The summed E-state index contributed by atoms with van der Waals surface area (Å²) in [7, 11) is -3.74. The first-order valence-electron chi connectivity index (χ1n) is 6.37. The number of nitrogens with one attached hydrogen (secondary N) is 1. The van der Waals surface area contributed by atoms with Crippen molar-refractivity contribution in [1.82, 2.24) is 4.72 Å². The van der Waals surface area contributed by atoms with Crippen LogP contribution < -0.4 is 10.5 Å². The van der Waals surface area contributed by atoms with Crippen molar-refractivity contribution in [2.45, 2.75) is 24.7 Å². The molecule has 1 atom stereocenters. The van der Waals surface area contributed by atoms with Crippen LogP contribution in [-0.2, 0) is 14.8 Å². The van der Waals surface area contributed by atoms with E-state index in [1.807, 2.05) is 0 Å². The van der Waals surface area contributed by atoms with Crippen LogP contribution in [0.1, 0.15) is 30.1 Å². The number of hydrogen-bond acceptors (Lipinski definition) is 4. The van der Waals surface area contributed by atoms with Crippen molar-refractivity contribution in [2.75, 3.05) is 6.54 Å². The van der Waals surface area contributed by atoms with E-state index in [1.54, 1.807) is 6.92 Å². The molecule has 8 heteroatoms. The number of amides is 1. The number of carboxylic acids is 1. The highest BCUT2D eigenvalue weighted by Crippen LogP contribution is 2.12. The highest BCUT2D eigenvalue weighted by Gasteiger charge is 2.18. The predicted octanol–water partition coefficient (Wildman–Crippen LogP) is 0.565. The standard InChI is InChI=1S/C13H18N2O5S/c1-2-9(7-12(16)17)8-15-21(19,20)11-5-3-10(4-6-11)13(14)18/h3-6,9,15H,2,7-8H2,1H3,(H2,14,18)(H,16,17). The molecule has 116 valence electrons. The molecule has 0 aromatic heterocycles. The molecule has 0 saturated carbocycles. The summed E-state index contributed by atoms with van der Waals surface area (Å²) in [6.45, 7) is 1.84. The maximum Gasteiger partial charge on any atom is 0.303 e. The fourth-order valence-electron chi connectivity index (χ4n) is 1.72. The topological polar surface area (TPSA) is 127 Å². The van der Waals surface area contributed by atoms with Gasteiger partial charge in [-0.25, -0.2) is 13.1 Å². The van der Waals surface area contributed by atoms with Gasteiger partial charge in [0, 0.05) is 18.5 Å². The molecule has 0 aliphatic heterocycles. The van der Waals surface area contributed by atoms with Gasteiger partial charge >= 0.3 is 5.97 Å². The Kier molecular flexibility index (Phi) is 5.86. The van der Waals surface area contributed by atoms with Crippen molar-refractivity contribution in [2.24, 2.45) is 11.7 Å². The minimum atomic E-state index is -3.74. The van der Waals surface area contributed by atoms with Crippen LogP contribution in [0.2, 0.25) is 0 Å². The maximum atomic E-state index is 12.0. The largest absolute Gasteiger partial charge is 0.481 e. The summed E-state index contributed by atoms with van der Waals surface area (Å²) in [6, 6.07) is 5.21. The van der Waals surface area contributed by atoms with Crippen LogP contribution in [0.4, 0.5) is 0 Å². The molecule has 0 bridgehead atoms. The van der Waals surface area contributed by atoms with Crippen molar-refractivity contribution in [3.63, 3.8) is 0 Å². The van der Waals surface area contributed by atoms with Crippen molar-refractivity contribution >= 4 is 21.9 Å². The van der Waals surface area contributed by atoms with E-state index in [9.17, 15) is 18.0 Å². The number of carboxylic acid groups (broad SMARTS) is 1. The summed E-state index contributed by atoms with van der Waals surface area (Å²) in [5, 5.41) is 8.72. The Balaban J connectivity index is 2.76. The molecule has 1 rings (SSSR count). The third-order valence-electron chi connectivity index (χ3n) is 3.05. The first-order valence-corrected chi connectivity index (χ1v) is 7.86. The van der Waals surface area contributed by atoms with Gasteiger partial charge in [-0.1, -0.05) is 13.3 Å². The molecule has 0 aliphatic carbocycles. The number of aliphatic carboxylic acids is 1. The summed E-state index contributed by atoms with van der Waals surface area (Å²) in [6.07, 6.45) is 0.453. The van der Waals surface area contributed by atoms with E-state index < -0.39 is 21.9 Å². The lowest BCUT2D eigenvalue weighted by molar-refractivity contribution is -0.138. The lowest BCUT2D eigenvalue weighted by Gasteiger charge is -2.13. The molecule has 1 aromatic carbocycles. The Bertz CT molecular complexity index is 610. The molecular formula is C13H18N2O5S. The van der Waals surface area contributed by atoms with Gasteiger partial charge < -0.3 is 10.8 Å². The molecule has 21 heavy (non-hydrogen) atoms. The smallest absolute Gasteiger partial charge is 0.303 e. The molecular weight excluding hydrogens is 296 g/mol. The van der Waals surface area contributed by atoms with E-state index in [0.29, 0.717) is 6.42 Å². The third-order valence-corrected chi connectivity index (χ3v) is 4.49. The Morgan fingerprint density at radius 3 is 2.29 bits per heavy atom. The monoisotopic (exact) mass is 314 g/mol. The lowest BCUT2D eigenvalue weighted by Crippen LogP contribution is -2.30. The van der Waals surface area contributed by atoms with Crippen molar-refractivity contribution in [3.8, 4) is 0 Å². The van der Waals surface area contributed by atoms with Gasteiger partial charge in [0.2, 0.25) is 15.9 Å². The minimum Gasteiger partial charge on any atom is -0.481 e. The van der Waals surface area contributed by atoms with Crippen LogP contribution >= 0.6 is 0 Å². The van der Waals surface area contributed by atoms with Gasteiger partial charge in [0.25, 0.3) is 0 Å². The van der Waals surface area contributed by atoms with Gasteiger partial charge in [-0.05, 0) is 30.2 Å². The third kappa shape index (κ3) is 5.16. The van der Waals surface area contributed by atoms with Gasteiger partial charge in [0.05, 0.1) is 4.90 Å². The molecule has 0 radical (unpaired) electrons. The van der Waals surface area contributed by atoms with E-state index in [-0.39, 0.29) is 29.3 Å². The fourth-order valence-corrected chi connectivity index (χ4v) is 2.83. The first kappa shape index (κ1) is 17.1. The Morgan fingerprint density at radius 1 is 1.29 bits per heavy atom. The number of nitrogens with two attached hydrogens (primary N) is 1. The van der Waals surface area contributed by atoms with Crippen LogP contribution in [0.5, 0.6) is 0 Å². The van der Waals surface area contributed by atoms with E-state index in [2.05, 4.69) is 4.72 Å². The zero-order valence-electron chi connectivity index (χ0n) is 11.6. The number of primary amides is 1. The average molecular weight is 314 g/mol. The second-order valence-corrected chi connectivity index (χ2v) is 6.38. The van der Waals surface area contributed by atoms with E-state index >= 15 is 0 Å². The molecule has 0 spiro atoms. The molecule has 7 nitrogen and oxygen atoms in total. The highest BCUT2D eigenvalue weighted by molar-refractivity contribution is 7.89. The van der Waals surface area contributed by atoms with Crippen LogP contribution in [0.3, 0.4) is 0 Å². The summed E-state index contributed by atoms with van der Waals surface area (Å²) in [5.41, 5.74) is 5.29. The molecule has 1 unspecified atom stereocenters. The molecule has 0 saturated heterocycles. The van der Waals surface area contributed by atoms with E-state index in [4.69, 9.17) is 10.8 Å². The van der Waals surface area contributed by atoms with Crippen LogP contribution in [0.25, 0.3) is 0 Å². The summed E-state index contributed by atoms with van der Waals surface area (Å²) < 4.78 is 26.5. The minimum absolute atomic E-state index is 0.00215. The molecule has 0 aliphatic rings. The van der Waals surface area contributed by atoms with Gasteiger partial charge in [-0.2, -0.15) is 0 Å². The fraction of sp³-hybridized carbons (Fsp3) is 0.385. The van der Waals surface area contributed by atoms with Gasteiger partial charge in [-0.3, -0.25) is 9.59 Å². The van der Waals surface area contributed by atoms with Gasteiger partial charge in [0.1, 0.15) is 0 Å².